The van der Waals surface area contributed by atoms with E-state index in [1.807, 2.05) is 30.6 Å². The van der Waals surface area contributed by atoms with E-state index >= 15 is 0 Å². The van der Waals surface area contributed by atoms with Crippen LogP contribution in [0.2, 0.25) is 0 Å². The van der Waals surface area contributed by atoms with Gasteiger partial charge in [-0.1, -0.05) is 24.3 Å². The van der Waals surface area contributed by atoms with Gasteiger partial charge in [0.15, 0.2) is 5.13 Å². The summed E-state index contributed by atoms with van der Waals surface area (Å²) < 4.78 is 1.60. The Morgan fingerprint density at radius 3 is 2.68 bits per heavy atom. The third-order valence-electron chi connectivity index (χ3n) is 4.08. The molecule has 0 fully saturated rings. The predicted octanol–water partition coefficient (Wildman–Crippen LogP) is 3.02. The summed E-state index contributed by atoms with van der Waals surface area (Å²) in [7, 11) is 0. The first-order valence-electron chi connectivity index (χ1n) is 9.08. The SMILES string of the molecule is CC(=O)NCCCc1ccc(-c2csc(NC(=O)Cn3cc(C)cn3)n2)cc1. The molecule has 2 heterocycles. The van der Waals surface area contributed by atoms with Gasteiger partial charge in [0.05, 0.1) is 11.9 Å². The Labute approximate surface area is 167 Å². The number of hydrogen-bond donors (Lipinski definition) is 2. The number of carbonyl (C=O) groups is 2. The molecule has 0 atom stereocenters. The van der Waals surface area contributed by atoms with Gasteiger partial charge < -0.3 is 10.6 Å². The van der Waals surface area contributed by atoms with Crippen molar-refractivity contribution in [3.63, 3.8) is 0 Å². The molecule has 0 aliphatic rings. The molecule has 2 aromatic heterocycles. The second kappa shape index (κ2) is 9.27. The lowest BCUT2D eigenvalue weighted by Crippen LogP contribution is -2.21. The number of aromatic nitrogens is 3. The third-order valence-corrected chi connectivity index (χ3v) is 4.84. The van der Waals surface area contributed by atoms with Crippen LogP contribution in [0.25, 0.3) is 11.3 Å². The maximum atomic E-state index is 12.1. The van der Waals surface area contributed by atoms with Crippen molar-refractivity contribution < 1.29 is 9.59 Å². The van der Waals surface area contributed by atoms with Crippen molar-refractivity contribution in [2.75, 3.05) is 11.9 Å². The molecule has 2 amide bonds. The molecule has 1 aromatic carbocycles. The number of hydrogen-bond acceptors (Lipinski definition) is 5. The van der Waals surface area contributed by atoms with Crippen molar-refractivity contribution in [3.8, 4) is 11.3 Å². The molecule has 146 valence electrons. The molecule has 0 radical (unpaired) electrons. The molecule has 3 aromatic rings. The molecule has 0 saturated carbocycles. The summed E-state index contributed by atoms with van der Waals surface area (Å²) >= 11 is 1.40. The van der Waals surface area contributed by atoms with E-state index in [4.69, 9.17) is 0 Å². The van der Waals surface area contributed by atoms with E-state index in [0.717, 1.165) is 29.7 Å². The molecule has 28 heavy (non-hydrogen) atoms. The van der Waals surface area contributed by atoms with Gasteiger partial charge in [0.1, 0.15) is 6.54 Å². The fourth-order valence-electron chi connectivity index (χ4n) is 2.72. The van der Waals surface area contributed by atoms with E-state index in [0.29, 0.717) is 11.7 Å². The standard InChI is InChI=1S/C20H23N5O2S/c1-14-10-22-25(11-14)12-19(27)24-20-23-18(13-28-20)17-7-5-16(6-8-17)4-3-9-21-15(2)26/h5-8,10-11,13H,3-4,9,12H2,1-2H3,(H,21,26)(H,23,24,27). The molecule has 0 saturated heterocycles. The number of benzene rings is 1. The smallest absolute Gasteiger partial charge is 0.247 e. The van der Waals surface area contributed by atoms with Crippen LogP contribution in [-0.4, -0.2) is 33.1 Å². The summed E-state index contributed by atoms with van der Waals surface area (Å²) in [6.45, 7) is 4.31. The number of anilines is 1. The van der Waals surface area contributed by atoms with Gasteiger partial charge in [0.2, 0.25) is 11.8 Å². The van der Waals surface area contributed by atoms with E-state index < -0.39 is 0 Å². The maximum Gasteiger partial charge on any atom is 0.247 e. The lowest BCUT2D eigenvalue weighted by Gasteiger charge is -2.04. The number of aryl methyl sites for hydroxylation is 2. The number of thiazole rings is 1. The van der Waals surface area contributed by atoms with E-state index in [2.05, 4.69) is 32.8 Å². The van der Waals surface area contributed by atoms with Crippen LogP contribution in [0.4, 0.5) is 5.13 Å². The summed E-state index contributed by atoms with van der Waals surface area (Å²) in [6.07, 6.45) is 5.36. The highest BCUT2D eigenvalue weighted by Gasteiger charge is 2.09. The number of amides is 2. The van der Waals surface area contributed by atoms with E-state index in [1.54, 1.807) is 10.9 Å². The van der Waals surface area contributed by atoms with E-state index in [-0.39, 0.29) is 18.4 Å². The number of nitrogens with one attached hydrogen (secondary N) is 2. The highest BCUT2D eigenvalue weighted by atomic mass is 32.1. The minimum Gasteiger partial charge on any atom is -0.356 e. The summed E-state index contributed by atoms with van der Waals surface area (Å²) in [4.78, 5) is 27.5. The van der Waals surface area contributed by atoms with Crippen molar-refractivity contribution in [2.24, 2.45) is 0 Å². The molecule has 0 aliphatic carbocycles. The van der Waals surface area contributed by atoms with Crippen LogP contribution in [0.3, 0.4) is 0 Å². The zero-order chi connectivity index (χ0) is 19.9. The largest absolute Gasteiger partial charge is 0.356 e. The normalized spacial score (nSPS) is 10.6. The molecule has 2 N–H and O–H groups in total. The second-order valence-electron chi connectivity index (χ2n) is 6.58. The average Bonchev–Trinajstić information content (AvgIpc) is 3.28. The molecule has 0 spiro atoms. The van der Waals surface area contributed by atoms with Gasteiger partial charge >= 0.3 is 0 Å². The Bertz CT molecular complexity index is 946. The van der Waals surface area contributed by atoms with E-state index in [1.165, 1.54) is 23.8 Å². The van der Waals surface area contributed by atoms with Crippen molar-refractivity contribution >= 4 is 28.3 Å². The molecule has 3 rings (SSSR count). The summed E-state index contributed by atoms with van der Waals surface area (Å²) in [6, 6.07) is 8.20. The molecule has 0 bridgehead atoms. The highest BCUT2D eigenvalue weighted by molar-refractivity contribution is 7.14. The summed E-state index contributed by atoms with van der Waals surface area (Å²) in [5.41, 5.74) is 4.07. The number of carbonyl (C=O) groups excluding carboxylic acids is 2. The lowest BCUT2D eigenvalue weighted by atomic mass is 10.1. The third kappa shape index (κ3) is 5.75. The topological polar surface area (TPSA) is 88.9 Å². The van der Waals surface area contributed by atoms with Crippen LogP contribution in [0, 0.1) is 6.92 Å². The molecular formula is C20H23N5O2S. The molecule has 0 unspecified atom stereocenters. The van der Waals surface area contributed by atoms with Crippen LogP contribution in [0.1, 0.15) is 24.5 Å². The Kier molecular flexibility index (Phi) is 6.54. The Morgan fingerprint density at radius 1 is 1.21 bits per heavy atom. The second-order valence-corrected chi connectivity index (χ2v) is 7.44. The number of nitrogens with zero attached hydrogens (tertiary/aromatic N) is 3. The first kappa shape index (κ1) is 19.8. The lowest BCUT2D eigenvalue weighted by molar-refractivity contribution is -0.119. The van der Waals surface area contributed by atoms with Gasteiger partial charge in [0.25, 0.3) is 0 Å². The molecule has 7 nitrogen and oxygen atoms in total. The first-order valence-corrected chi connectivity index (χ1v) is 9.96. The minimum atomic E-state index is -0.154. The quantitative estimate of drug-likeness (QED) is 0.572. The summed E-state index contributed by atoms with van der Waals surface area (Å²) in [5, 5.41) is 12.2. The van der Waals surface area contributed by atoms with Crippen molar-refractivity contribution in [2.45, 2.75) is 33.2 Å². The zero-order valence-electron chi connectivity index (χ0n) is 15.9. The van der Waals surface area contributed by atoms with Crippen LogP contribution in [0.15, 0.2) is 42.0 Å². The van der Waals surface area contributed by atoms with Gasteiger partial charge in [-0.15, -0.1) is 11.3 Å². The van der Waals surface area contributed by atoms with Crippen molar-refractivity contribution in [1.29, 1.82) is 0 Å². The predicted molar refractivity (Wildman–Crippen MR) is 110 cm³/mol. The fraction of sp³-hybridized carbons (Fsp3) is 0.300. The molecule has 0 aliphatic heterocycles. The Balaban J connectivity index is 1.53. The summed E-state index contributed by atoms with van der Waals surface area (Å²) in [5.74, 6) is -0.153. The van der Waals surface area contributed by atoms with Gasteiger partial charge in [-0.05, 0) is 30.9 Å². The van der Waals surface area contributed by atoms with Crippen molar-refractivity contribution in [3.05, 3.63) is 53.2 Å². The highest BCUT2D eigenvalue weighted by Crippen LogP contribution is 2.25. The van der Waals surface area contributed by atoms with Gasteiger partial charge in [-0.2, -0.15) is 5.10 Å². The Morgan fingerprint density at radius 2 is 2.00 bits per heavy atom. The van der Waals surface area contributed by atoms with Gasteiger partial charge in [-0.25, -0.2) is 4.98 Å². The monoisotopic (exact) mass is 397 g/mol. The molecule has 8 heteroatoms. The van der Waals surface area contributed by atoms with Gasteiger partial charge in [-0.3, -0.25) is 14.3 Å². The molecular weight excluding hydrogens is 374 g/mol. The van der Waals surface area contributed by atoms with Crippen LogP contribution in [-0.2, 0) is 22.6 Å². The average molecular weight is 398 g/mol. The van der Waals surface area contributed by atoms with Crippen LogP contribution >= 0.6 is 11.3 Å². The number of rotatable bonds is 8. The van der Waals surface area contributed by atoms with Crippen molar-refractivity contribution in [1.82, 2.24) is 20.1 Å². The van der Waals surface area contributed by atoms with Crippen LogP contribution in [0.5, 0.6) is 0 Å². The van der Waals surface area contributed by atoms with Gasteiger partial charge in [0, 0.05) is 30.6 Å². The first-order chi connectivity index (χ1) is 13.5. The maximum absolute atomic E-state index is 12.1. The zero-order valence-corrected chi connectivity index (χ0v) is 16.8. The fourth-order valence-corrected chi connectivity index (χ4v) is 3.46. The van der Waals surface area contributed by atoms with Crippen LogP contribution < -0.4 is 10.6 Å². The minimum absolute atomic E-state index is 0.00140. The van der Waals surface area contributed by atoms with E-state index in [9.17, 15) is 9.59 Å². The Hall–Kier alpha value is -3.00.